The maximum atomic E-state index is 12.5. The fourth-order valence-electron chi connectivity index (χ4n) is 2.81. The lowest BCUT2D eigenvalue weighted by molar-refractivity contribution is -0.133. The van der Waals surface area contributed by atoms with Crippen LogP contribution in [0.2, 0.25) is 5.02 Å². The minimum atomic E-state index is -0.0850. The first-order chi connectivity index (χ1) is 12.6. The van der Waals surface area contributed by atoms with E-state index in [2.05, 4.69) is 4.98 Å². The van der Waals surface area contributed by atoms with E-state index >= 15 is 0 Å². The lowest BCUT2D eigenvalue weighted by atomic mass is 10.2. The number of hydrogen-bond donors (Lipinski definition) is 0. The molecule has 1 aliphatic rings. The van der Waals surface area contributed by atoms with Gasteiger partial charge in [-0.3, -0.25) is 14.6 Å². The minimum absolute atomic E-state index is 0.0278. The van der Waals surface area contributed by atoms with E-state index in [4.69, 9.17) is 16.3 Å². The van der Waals surface area contributed by atoms with Gasteiger partial charge in [-0.05, 0) is 42.8 Å². The van der Waals surface area contributed by atoms with E-state index in [1.165, 1.54) is 0 Å². The zero-order valence-corrected chi connectivity index (χ0v) is 15.1. The average Bonchev–Trinajstić information content (AvgIpc) is 2.94. The number of carbonyl (C=O) groups is 2. The smallest absolute Gasteiger partial charge is 0.260 e. The number of halogens is 1. The van der Waals surface area contributed by atoms with Gasteiger partial charge >= 0.3 is 0 Å². The van der Waals surface area contributed by atoms with Crippen LogP contribution in [0, 0.1) is 0 Å². The number of hydrogen-bond acceptors (Lipinski definition) is 4. The highest BCUT2D eigenvalue weighted by Gasteiger charge is 2.23. The molecule has 7 heteroatoms. The number of rotatable bonds is 4. The first kappa shape index (κ1) is 18.2. The fraction of sp³-hybridized carbons (Fsp3) is 0.316. The van der Waals surface area contributed by atoms with Crippen molar-refractivity contribution in [2.75, 3.05) is 32.8 Å². The Morgan fingerprint density at radius 3 is 2.35 bits per heavy atom. The van der Waals surface area contributed by atoms with E-state index in [1.807, 2.05) is 0 Å². The monoisotopic (exact) mass is 373 g/mol. The summed E-state index contributed by atoms with van der Waals surface area (Å²) >= 11 is 5.83. The first-order valence-corrected chi connectivity index (χ1v) is 8.87. The molecular weight excluding hydrogens is 354 g/mol. The number of carbonyl (C=O) groups excluding carboxylic acids is 2. The van der Waals surface area contributed by atoms with Crippen molar-refractivity contribution >= 4 is 23.4 Å². The Labute approximate surface area is 157 Å². The van der Waals surface area contributed by atoms with E-state index in [0.717, 1.165) is 6.42 Å². The third kappa shape index (κ3) is 4.73. The van der Waals surface area contributed by atoms with Crippen molar-refractivity contribution in [2.24, 2.45) is 0 Å². The van der Waals surface area contributed by atoms with Crippen LogP contribution in [0.5, 0.6) is 5.75 Å². The first-order valence-electron chi connectivity index (χ1n) is 8.49. The molecule has 2 amide bonds. The summed E-state index contributed by atoms with van der Waals surface area (Å²) in [5.41, 5.74) is 0.617. The van der Waals surface area contributed by atoms with Crippen LogP contribution in [-0.4, -0.2) is 59.4 Å². The van der Waals surface area contributed by atoms with E-state index in [-0.39, 0.29) is 18.4 Å². The van der Waals surface area contributed by atoms with Gasteiger partial charge in [-0.2, -0.15) is 0 Å². The molecule has 3 rings (SSSR count). The molecule has 2 heterocycles. The molecule has 0 bridgehead atoms. The van der Waals surface area contributed by atoms with E-state index in [9.17, 15) is 9.59 Å². The normalized spacial score (nSPS) is 14.7. The van der Waals surface area contributed by atoms with Gasteiger partial charge in [0.2, 0.25) is 0 Å². The molecule has 1 aliphatic heterocycles. The molecule has 26 heavy (non-hydrogen) atoms. The van der Waals surface area contributed by atoms with Gasteiger partial charge in [-0.25, -0.2) is 0 Å². The SMILES string of the molecule is O=C(COc1ccc(Cl)cc1)N1CCCN(C(=O)c2ccncc2)CC1. The standard InChI is InChI=1S/C19H20ClN3O3/c20-16-2-4-17(5-3-16)26-14-18(24)22-10-1-11-23(13-12-22)19(25)15-6-8-21-9-7-15/h2-9H,1,10-14H2. The van der Waals surface area contributed by atoms with Crippen LogP contribution in [0.3, 0.4) is 0 Å². The molecule has 0 radical (unpaired) electrons. The highest BCUT2D eigenvalue weighted by atomic mass is 35.5. The Bertz CT molecular complexity index is 752. The predicted molar refractivity (Wildman–Crippen MR) is 98.3 cm³/mol. The van der Waals surface area contributed by atoms with Crippen LogP contribution in [0.15, 0.2) is 48.8 Å². The summed E-state index contributed by atoms with van der Waals surface area (Å²) in [5.74, 6) is 0.490. The van der Waals surface area contributed by atoms with E-state index in [1.54, 1.807) is 58.6 Å². The Hall–Kier alpha value is -2.60. The topological polar surface area (TPSA) is 62.7 Å². The van der Waals surface area contributed by atoms with Crippen molar-refractivity contribution in [1.29, 1.82) is 0 Å². The number of aromatic nitrogens is 1. The second-order valence-electron chi connectivity index (χ2n) is 6.01. The predicted octanol–water partition coefficient (Wildman–Crippen LogP) is 2.49. The molecule has 1 saturated heterocycles. The van der Waals surface area contributed by atoms with Gasteiger partial charge in [-0.15, -0.1) is 0 Å². The summed E-state index contributed by atoms with van der Waals surface area (Å²) in [6.07, 6.45) is 3.95. The molecule has 0 spiro atoms. The van der Waals surface area contributed by atoms with Gasteiger partial charge in [0.25, 0.3) is 11.8 Å². The van der Waals surface area contributed by atoms with Crippen LogP contribution in [0.25, 0.3) is 0 Å². The summed E-state index contributed by atoms with van der Waals surface area (Å²) in [6, 6.07) is 10.3. The summed E-state index contributed by atoms with van der Waals surface area (Å²) in [6.45, 7) is 2.22. The van der Waals surface area contributed by atoms with Gasteiger partial charge in [0, 0.05) is 49.2 Å². The molecular formula is C19H20ClN3O3. The highest BCUT2D eigenvalue weighted by Crippen LogP contribution is 2.16. The molecule has 0 aliphatic carbocycles. The number of benzene rings is 1. The third-order valence-corrected chi connectivity index (χ3v) is 4.49. The molecule has 0 atom stereocenters. The van der Waals surface area contributed by atoms with Gasteiger partial charge in [0.1, 0.15) is 5.75 Å². The average molecular weight is 374 g/mol. The lowest BCUT2D eigenvalue weighted by Crippen LogP contribution is -2.39. The van der Waals surface area contributed by atoms with Crippen LogP contribution in [0.1, 0.15) is 16.8 Å². The van der Waals surface area contributed by atoms with E-state index < -0.39 is 0 Å². The molecule has 1 aromatic carbocycles. The molecule has 1 aromatic heterocycles. The largest absolute Gasteiger partial charge is 0.484 e. The van der Waals surface area contributed by atoms with E-state index in [0.29, 0.717) is 42.5 Å². The van der Waals surface area contributed by atoms with Crippen molar-refractivity contribution in [1.82, 2.24) is 14.8 Å². The number of ether oxygens (including phenoxy) is 1. The number of nitrogens with zero attached hydrogens (tertiary/aromatic N) is 3. The summed E-state index contributed by atoms with van der Waals surface area (Å²) in [4.78, 5) is 32.4. The molecule has 2 aromatic rings. The van der Waals surface area contributed by atoms with Gasteiger partial charge in [-0.1, -0.05) is 11.6 Å². The zero-order valence-electron chi connectivity index (χ0n) is 14.3. The van der Waals surface area contributed by atoms with Crippen LogP contribution < -0.4 is 4.74 Å². The van der Waals surface area contributed by atoms with Gasteiger partial charge < -0.3 is 14.5 Å². The molecule has 136 valence electrons. The van der Waals surface area contributed by atoms with Crippen molar-refractivity contribution in [3.63, 3.8) is 0 Å². The lowest BCUT2D eigenvalue weighted by Gasteiger charge is -2.22. The van der Waals surface area contributed by atoms with Gasteiger partial charge in [0.05, 0.1) is 0 Å². The number of pyridine rings is 1. The Balaban J connectivity index is 1.52. The Morgan fingerprint density at radius 2 is 1.62 bits per heavy atom. The number of amides is 2. The maximum absolute atomic E-state index is 12.5. The van der Waals surface area contributed by atoms with Crippen molar-refractivity contribution < 1.29 is 14.3 Å². The Morgan fingerprint density at radius 1 is 0.962 bits per heavy atom. The minimum Gasteiger partial charge on any atom is -0.484 e. The van der Waals surface area contributed by atoms with Crippen molar-refractivity contribution in [3.8, 4) is 5.75 Å². The molecule has 6 nitrogen and oxygen atoms in total. The molecule has 0 N–H and O–H groups in total. The van der Waals surface area contributed by atoms with Crippen LogP contribution in [-0.2, 0) is 4.79 Å². The summed E-state index contributed by atoms with van der Waals surface area (Å²) in [7, 11) is 0. The molecule has 0 saturated carbocycles. The maximum Gasteiger partial charge on any atom is 0.260 e. The third-order valence-electron chi connectivity index (χ3n) is 4.24. The van der Waals surface area contributed by atoms with Gasteiger partial charge in [0.15, 0.2) is 6.61 Å². The van der Waals surface area contributed by atoms with Crippen LogP contribution in [0.4, 0.5) is 0 Å². The fourth-order valence-corrected chi connectivity index (χ4v) is 2.94. The van der Waals surface area contributed by atoms with Crippen molar-refractivity contribution in [3.05, 3.63) is 59.4 Å². The quantitative estimate of drug-likeness (QED) is 0.826. The van der Waals surface area contributed by atoms with Crippen molar-refractivity contribution in [2.45, 2.75) is 6.42 Å². The Kier molecular flexibility index (Phi) is 6.07. The molecule has 1 fully saturated rings. The zero-order chi connectivity index (χ0) is 18.4. The summed E-state index contributed by atoms with van der Waals surface area (Å²) < 4.78 is 5.52. The molecule has 0 unspecified atom stereocenters. The second kappa shape index (κ2) is 8.67. The summed E-state index contributed by atoms with van der Waals surface area (Å²) in [5, 5.41) is 0.621. The van der Waals surface area contributed by atoms with Crippen LogP contribution >= 0.6 is 11.6 Å². The highest BCUT2D eigenvalue weighted by molar-refractivity contribution is 6.30. The second-order valence-corrected chi connectivity index (χ2v) is 6.44.